The summed E-state index contributed by atoms with van der Waals surface area (Å²) in [4.78, 5) is 0. The Bertz CT molecular complexity index is 318. The zero-order valence-electron chi connectivity index (χ0n) is 9.23. The first-order valence-corrected chi connectivity index (χ1v) is 4.90. The van der Waals surface area contributed by atoms with Crippen LogP contribution >= 0.6 is 0 Å². The van der Waals surface area contributed by atoms with Crippen LogP contribution in [0.1, 0.15) is 25.0 Å². The van der Waals surface area contributed by atoms with E-state index in [-0.39, 0.29) is 5.82 Å². The first kappa shape index (κ1) is 11.0. The summed E-state index contributed by atoms with van der Waals surface area (Å²) in [5, 5.41) is 0. The zero-order valence-corrected chi connectivity index (χ0v) is 9.23. The molecule has 0 aliphatic rings. The Morgan fingerprint density at radius 2 is 1.86 bits per heavy atom. The van der Waals surface area contributed by atoms with E-state index in [0.29, 0.717) is 18.1 Å². The van der Waals surface area contributed by atoms with Crippen molar-refractivity contribution in [2.24, 2.45) is 5.92 Å². The summed E-state index contributed by atoms with van der Waals surface area (Å²) < 4.78 is 18.7. The van der Waals surface area contributed by atoms with Crippen molar-refractivity contribution in [3.05, 3.63) is 29.1 Å². The molecule has 2 heteroatoms. The van der Waals surface area contributed by atoms with Gasteiger partial charge in [0.1, 0.15) is 11.6 Å². The van der Waals surface area contributed by atoms with E-state index in [1.54, 1.807) is 13.0 Å². The van der Waals surface area contributed by atoms with Gasteiger partial charge in [0, 0.05) is 0 Å². The molecule has 0 atom stereocenters. The molecule has 0 unspecified atom stereocenters. The molecule has 0 amide bonds. The van der Waals surface area contributed by atoms with Gasteiger partial charge >= 0.3 is 0 Å². The Balaban J connectivity index is 2.82. The summed E-state index contributed by atoms with van der Waals surface area (Å²) in [5.74, 6) is 1.11. The Morgan fingerprint density at radius 3 is 2.43 bits per heavy atom. The molecule has 0 aromatic heterocycles. The van der Waals surface area contributed by atoms with Gasteiger partial charge in [0.25, 0.3) is 0 Å². The van der Waals surface area contributed by atoms with Gasteiger partial charge in [-0.3, -0.25) is 0 Å². The molecule has 1 nitrogen and oxygen atoms in total. The molecule has 0 aliphatic heterocycles. The molecule has 1 aromatic rings. The molecule has 14 heavy (non-hydrogen) atoms. The molecule has 0 bridgehead atoms. The molecule has 0 saturated carbocycles. The fourth-order valence-electron chi connectivity index (χ4n) is 1.17. The van der Waals surface area contributed by atoms with Gasteiger partial charge in [0.2, 0.25) is 0 Å². The predicted octanol–water partition coefficient (Wildman–Crippen LogP) is 3.48. The maximum Gasteiger partial charge on any atom is 0.126 e. The van der Waals surface area contributed by atoms with Gasteiger partial charge in [0.15, 0.2) is 0 Å². The molecule has 1 rings (SSSR count). The van der Waals surface area contributed by atoms with E-state index in [4.69, 9.17) is 4.74 Å². The lowest BCUT2D eigenvalue weighted by Crippen LogP contribution is -2.05. The first-order valence-electron chi connectivity index (χ1n) is 4.90. The summed E-state index contributed by atoms with van der Waals surface area (Å²) in [6.45, 7) is 8.46. The maximum absolute atomic E-state index is 13.1. The normalized spacial score (nSPS) is 10.7. The van der Waals surface area contributed by atoms with Gasteiger partial charge in [-0.15, -0.1) is 0 Å². The average Bonchev–Trinajstić information content (AvgIpc) is 2.09. The van der Waals surface area contributed by atoms with Crippen LogP contribution in [0.25, 0.3) is 0 Å². The number of aryl methyl sites for hydroxylation is 2. The highest BCUT2D eigenvalue weighted by atomic mass is 19.1. The van der Waals surface area contributed by atoms with Gasteiger partial charge in [0.05, 0.1) is 6.61 Å². The molecule has 0 spiro atoms. The van der Waals surface area contributed by atoms with Crippen molar-refractivity contribution >= 4 is 0 Å². The molecule has 0 saturated heterocycles. The fourth-order valence-corrected chi connectivity index (χ4v) is 1.17. The van der Waals surface area contributed by atoms with Crippen LogP contribution in [0.15, 0.2) is 12.1 Å². The van der Waals surface area contributed by atoms with Crippen LogP contribution in [0.5, 0.6) is 5.75 Å². The highest BCUT2D eigenvalue weighted by Crippen LogP contribution is 2.22. The molecule has 0 fully saturated rings. The number of benzene rings is 1. The van der Waals surface area contributed by atoms with E-state index in [1.807, 2.05) is 6.92 Å². The van der Waals surface area contributed by atoms with Gasteiger partial charge in [-0.25, -0.2) is 4.39 Å². The van der Waals surface area contributed by atoms with Crippen molar-refractivity contribution in [3.8, 4) is 5.75 Å². The second kappa shape index (κ2) is 4.45. The van der Waals surface area contributed by atoms with E-state index in [1.165, 1.54) is 6.07 Å². The second-order valence-corrected chi connectivity index (χ2v) is 4.07. The first-order chi connectivity index (χ1) is 6.50. The van der Waals surface area contributed by atoms with Crippen LogP contribution in [0, 0.1) is 25.6 Å². The van der Waals surface area contributed by atoms with Gasteiger partial charge in [-0.1, -0.05) is 13.8 Å². The van der Waals surface area contributed by atoms with Crippen molar-refractivity contribution in [2.75, 3.05) is 6.61 Å². The number of rotatable bonds is 3. The third-order valence-corrected chi connectivity index (χ3v) is 2.03. The fraction of sp³-hybridized carbons (Fsp3) is 0.500. The average molecular weight is 196 g/mol. The third-order valence-electron chi connectivity index (χ3n) is 2.03. The summed E-state index contributed by atoms with van der Waals surface area (Å²) in [6.07, 6.45) is 0. The maximum atomic E-state index is 13.1. The van der Waals surface area contributed by atoms with Crippen molar-refractivity contribution in [3.63, 3.8) is 0 Å². The lowest BCUT2D eigenvalue weighted by atomic mass is 10.1. The second-order valence-electron chi connectivity index (χ2n) is 4.07. The monoisotopic (exact) mass is 196 g/mol. The van der Waals surface area contributed by atoms with Gasteiger partial charge < -0.3 is 4.74 Å². The van der Waals surface area contributed by atoms with Gasteiger partial charge in [-0.05, 0) is 43.0 Å². The summed E-state index contributed by atoms with van der Waals surface area (Å²) in [7, 11) is 0. The minimum Gasteiger partial charge on any atom is -0.493 e. The van der Waals surface area contributed by atoms with Crippen molar-refractivity contribution in [1.82, 2.24) is 0 Å². The molecular formula is C12H17FO. The third kappa shape index (κ3) is 2.72. The van der Waals surface area contributed by atoms with Crippen LogP contribution in [0.2, 0.25) is 0 Å². The Kier molecular flexibility index (Phi) is 3.50. The van der Waals surface area contributed by atoms with Gasteiger partial charge in [-0.2, -0.15) is 0 Å². The van der Waals surface area contributed by atoms with Crippen LogP contribution in [0.4, 0.5) is 4.39 Å². The summed E-state index contributed by atoms with van der Waals surface area (Å²) in [5.41, 5.74) is 1.49. The number of halogens is 1. The number of ether oxygens (including phenoxy) is 1. The highest BCUT2D eigenvalue weighted by molar-refractivity contribution is 5.36. The van der Waals surface area contributed by atoms with Crippen LogP contribution < -0.4 is 4.74 Å². The van der Waals surface area contributed by atoms with Crippen LogP contribution in [-0.4, -0.2) is 6.61 Å². The van der Waals surface area contributed by atoms with E-state index in [9.17, 15) is 4.39 Å². The molecule has 0 N–H and O–H groups in total. The molecule has 78 valence electrons. The smallest absolute Gasteiger partial charge is 0.126 e. The predicted molar refractivity (Wildman–Crippen MR) is 56.2 cm³/mol. The summed E-state index contributed by atoms with van der Waals surface area (Å²) >= 11 is 0. The molecule has 1 aromatic carbocycles. The number of hydrogen-bond acceptors (Lipinski definition) is 1. The Morgan fingerprint density at radius 1 is 1.21 bits per heavy atom. The van der Waals surface area contributed by atoms with E-state index < -0.39 is 0 Å². The van der Waals surface area contributed by atoms with E-state index in [0.717, 1.165) is 11.3 Å². The van der Waals surface area contributed by atoms with Crippen molar-refractivity contribution < 1.29 is 9.13 Å². The largest absolute Gasteiger partial charge is 0.493 e. The Hall–Kier alpha value is -1.05. The highest BCUT2D eigenvalue weighted by Gasteiger charge is 2.05. The van der Waals surface area contributed by atoms with Crippen molar-refractivity contribution in [2.45, 2.75) is 27.7 Å². The number of hydrogen-bond donors (Lipinski definition) is 0. The molecule has 0 heterocycles. The SMILES string of the molecule is Cc1cc(OCC(C)C)c(C)cc1F. The zero-order chi connectivity index (χ0) is 10.7. The quantitative estimate of drug-likeness (QED) is 0.719. The van der Waals surface area contributed by atoms with E-state index >= 15 is 0 Å². The molecule has 0 radical (unpaired) electrons. The van der Waals surface area contributed by atoms with Crippen molar-refractivity contribution in [1.29, 1.82) is 0 Å². The lowest BCUT2D eigenvalue weighted by Gasteiger charge is -2.12. The molecular weight excluding hydrogens is 179 g/mol. The minimum atomic E-state index is -0.167. The standard InChI is InChI=1S/C12H17FO/c1-8(2)7-14-12-6-9(3)11(13)5-10(12)4/h5-6,8H,7H2,1-4H3. The summed E-state index contributed by atoms with van der Waals surface area (Å²) in [6, 6.07) is 3.28. The minimum absolute atomic E-state index is 0.167. The topological polar surface area (TPSA) is 9.23 Å². The van der Waals surface area contributed by atoms with E-state index in [2.05, 4.69) is 13.8 Å². The lowest BCUT2D eigenvalue weighted by molar-refractivity contribution is 0.269. The van der Waals surface area contributed by atoms with Crippen LogP contribution in [-0.2, 0) is 0 Å². The molecule has 0 aliphatic carbocycles. The Labute approximate surface area is 84.9 Å². The van der Waals surface area contributed by atoms with Crippen LogP contribution in [0.3, 0.4) is 0 Å².